The molecule has 0 bridgehead atoms. The van der Waals surface area contributed by atoms with Crippen molar-refractivity contribution in [3.8, 4) is 0 Å². The van der Waals surface area contributed by atoms with Gasteiger partial charge in [-0.3, -0.25) is 14.4 Å². The number of carboxylic acids is 1. The number of hydrogen-bond acceptors (Lipinski definition) is 4. The average molecular weight is 473 g/mol. The van der Waals surface area contributed by atoms with Gasteiger partial charge in [0.05, 0.1) is 24.3 Å². The number of carboxylic acid groups (broad SMARTS) is 1. The molecule has 0 saturated carbocycles. The van der Waals surface area contributed by atoms with Crippen LogP contribution >= 0.6 is 0 Å². The number of fused-ring (bicyclic) bond motifs is 1. The monoisotopic (exact) mass is 472 g/mol. The zero-order valence-electron chi connectivity index (χ0n) is 20.6. The Balaban J connectivity index is 1.43. The number of allylic oxidation sites excluding steroid dienone is 1. The molecule has 2 saturated heterocycles. The molecule has 0 atom stereocenters. The summed E-state index contributed by atoms with van der Waals surface area (Å²) in [6.07, 6.45) is 8.96. The Morgan fingerprint density at radius 1 is 1.09 bits per heavy atom. The second-order valence-electron chi connectivity index (χ2n) is 10.2. The molecule has 1 aromatic heterocycles. The summed E-state index contributed by atoms with van der Waals surface area (Å²) in [5.41, 5.74) is 6.08. The van der Waals surface area contributed by atoms with Gasteiger partial charge in [0.25, 0.3) is 0 Å². The van der Waals surface area contributed by atoms with Crippen LogP contribution in [0.15, 0.2) is 48.5 Å². The summed E-state index contributed by atoms with van der Waals surface area (Å²) in [5, 5.41) is 19.0. The molecule has 6 heteroatoms. The maximum absolute atomic E-state index is 11.1. The fraction of sp³-hybridized carbons (Fsp3) is 0.448. The molecule has 35 heavy (non-hydrogen) atoms. The lowest BCUT2D eigenvalue weighted by Gasteiger charge is -2.30. The first-order chi connectivity index (χ1) is 17.0. The molecule has 0 aliphatic carbocycles. The molecule has 6 nitrogen and oxygen atoms in total. The highest BCUT2D eigenvalue weighted by atomic mass is 16.4. The van der Waals surface area contributed by atoms with E-state index in [9.17, 15) is 4.79 Å². The number of likely N-dealkylation sites (tertiary alicyclic amines) is 1. The van der Waals surface area contributed by atoms with Gasteiger partial charge in [-0.05, 0) is 81.9 Å². The number of aryl methyl sites for hydroxylation is 1. The number of benzene rings is 2. The fourth-order valence-corrected chi connectivity index (χ4v) is 5.45. The highest BCUT2D eigenvalue weighted by molar-refractivity contribution is 5.85. The third kappa shape index (κ3) is 5.82. The zero-order valence-corrected chi connectivity index (χ0v) is 20.6. The quantitative estimate of drug-likeness (QED) is 0.523. The van der Waals surface area contributed by atoms with Crippen LogP contribution in [0.25, 0.3) is 17.0 Å². The van der Waals surface area contributed by atoms with Crippen LogP contribution in [-0.2, 0) is 11.3 Å². The molecule has 3 aromatic rings. The van der Waals surface area contributed by atoms with Crippen LogP contribution in [0.1, 0.15) is 54.0 Å². The summed E-state index contributed by atoms with van der Waals surface area (Å²) in [7, 11) is 0. The van der Waals surface area contributed by atoms with E-state index in [1.807, 2.05) is 4.90 Å². The van der Waals surface area contributed by atoms with Gasteiger partial charge in [0.2, 0.25) is 0 Å². The molecule has 0 radical (unpaired) electrons. The van der Waals surface area contributed by atoms with Gasteiger partial charge in [0.15, 0.2) is 0 Å². The van der Waals surface area contributed by atoms with Crippen molar-refractivity contribution in [2.45, 2.75) is 45.1 Å². The van der Waals surface area contributed by atoms with Crippen molar-refractivity contribution < 1.29 is 9.90 Å². The fourth-order valence-electron chi connectivity index (χ4n) is 5.45. The maximum atomic E-state index is 11.1. The third-order valence-electron chi connectivity index (χ3n) is 7.54. The van der Waals surface area contributed by atoms with Crippen molar-refractivity contribution in [2.75, 3.05) is 32.7 Å². The molecule has 184 valence electrons. The first kappa shape index (κ1) is 23.8. The Hall–Kier alpha value is -2.96. The number of aromatic nitrogens is 2. The maximum Gasteiger partial charge on any atom is 0.317 e. The number of nitrogens with one attached hydrogen (secondary N) is 1. The van der Waals surface area contributed by atoms with Crippen molar-refractivity contribution in [1.29, 1.82) is 0 Å². The second-order valence-corrected chi connectivity index (χ2v) is 10.2. The first-order valence-corrected chi connectivity index (χ1v) is 12.9. The lowest BCUT2D eigenvalue weighted by molar-refractivity contribution is -0.138. The highest BCUT2D eigenvalue weighted by Gasteiger charge is 2.26. The summed E-state index contributed by atoms with van der Waals surface area (Å²) >= 11 is 0. The molecule has 2 aliphatic heterocycles. The van der Waals surface area contributed by atoms with E-state index in [-0.39, 0.29) is 6.54 Å². The molecule has 0 spiro atoms. The van der Waals surface area contributed by atoms with Crippen molar-refractivity contribution in [1.82, 2.24) is 20.0 Å². The first-order valence-electron chi connectivity index (χ1n) is 12.9. The van der Waals surface area contributed by atoms with Crippen LogP contribution in [0, 0.1) is 12.8 Å². The Bertz CT molecular complexity index is 1180. The number of rotatable bonds is 7. The van der Waals surface area contributed by atoms with E-state index in [1.54, 1.807) is 0 Å². The molecule has 2 aliphatic rings. The molecule has 2 fully saturated rings. The van der Waals surface area contributed by atoms with Crippen LogP contribution in [-0.4, -0.2) is 58.5 Å². The molecule has 0 unspecified atom stereocenters. The predicted octanol–water partition coefficient (Wildman–Crippen LogP) is 4.67. The normalized spacial score (nSPS) is 18.5. The second kappa shape index (κ2) is 10.8. The Morgan fingerprint density at radius 3 is 2.54 bits per heavy atom. The van der Waals surface area contributed by atoms with Gasteiger partial charge in [-0.25, -0.2) is 0 Å². The van der Waals surface area contributed by atoms with E-state index in [2.05, 4.69) is 71.5 Å². The topological polar surface area (TPSA) is 70.4 Å². The molecule has 3 heterocycles. The van der Waals surface area contributed by atoms with Crippen LogP contribution in [0.3, 0.4) is 0 Å². The van der Waals surface area contributed by atoms with E-state index < -0.39 is 5.97 Å². The Kier molecular flexibility index (Phi) is 7.30. The molecule has 2 N–H and O–H groups in total. The Labute approximate surface area is 207 Å². The van der Waals surface area contributed by atoms with E-state index in [0.717, 1.165) is 51.3 Å². The molecular weight excluding hydrogens is 436 g/mol. The SMILES string of the molecule is Cc1ccc(Cn2nc(C3CCN(CC(=O)O)CC3)c3ccc(C=CC4CCNCC4)cc32)cc1. The average Bonchev–Trinajstić information content (AvgIpc) is 3.22. The van der Waals surface area contributed by atoms with Gasteiger partial charge in [-0.1, -0.05) is 54.1 Å². The third-order valence-corrected chi connectivity index (χ3v) is 7.54. The molecular formula is C29H36N4O2. The smallest absolute Gasteiger partial charge is 0.317 e. The summed E-state index contributed by atoms with van der Waals surface area (Å²) in [6.45, 7) is 6.81. The van der Waals surface area contributed by atoms with E-state index in [1.165, 1.54) is 40.4 Å². The van der Waals surface area contributed by atoms with Gasteiger partial charge in [-0.2, -0.15) is 5.10 Å². The van der Waals surface area contributed by atoms with E-state index in [4.69, 9.17) is 10.2 Å². The number of carbonyl (C=O) groups is 1. The van der Waals surface area contributed by atoms with Crippen LogP contribution in [0.2, 0.25) is 0 Å². The number of nitrogens with zero attached hydrogens (tertiary/aromatic N) is 3. The summed E-state index contributed by atoms with van der Waals surface area (Å²) < 4.78 is 2.17. The molecule has 5 rings (SSSR count). The summed E-state index contributed by atoms with van der Waals surface area (Å²) in [6, 6.07) is 15.5. The van der Waals surface area contributed by atoms with Crippen molar-refractivity contribution in [3.63, 3.8) is 0 Å². The number of piperidine rings is 2. The van der Waals surface area contributed by atoms with Gasteiger partial charge in [0.1, 0.15) is 0 Å². The van der Waals surface area contributed by atoms with E-state index in [0.29, 0.717) is 11.8 Å². The lowest BCUT2D eigenvalue weighted by atomic mass is 9.91. The molecule has 0 amide bonds. The predicted molar refractivity (Wildman–Crippen MR) is 141 cm³/mol. The van der Waals surface area contributed by atoms with Gasteiger partial charge in [-0.15, -0.1) is 0 Å². The number of hydrogen-bond donors (Lipinski definition) is 2. The van der Waals surface area contributed by atoms with Crippen molar-refractivity contribution >= 4 is 22.9 Å². The van der Waals surface area contributed by atoms with Gasteiger partial charge in [0, 0.05) is 11.3 Å². The molecule has 2 aromatic carbocycles. The number of aliphatic carboxylic acids is 1. The largest absolute Gasteiger partial charge is 0.480 e. The standard InChI is InChI=1S/C29H36N4O2/c1-21-2-4-24(5-3-21)19-33-27-18-23(7-6-22-10-14-30-15-11-22)8-9-26(27)29(31-33)25-12-16-32(17-13-25)20-28(34)35/h2-9,18,22,25,30H,10-17,19-20H2,1H3,(H,34,35). The highest BCUT2D eigenvalue weighted by Crippen LogP contribution is 2.33. The van der Waals surface area contributed by atoms with Crippen LogP contribution in [0.4, 0.5) is 0 Å². The minimum atomic E-state index is -0.749. The lowest BCUT2D eigenvalue weighted by Crippen LogP contribution is -2.36. The minimum absolute atomic E-state index is 0.127. The summed E-state index contributed by atoms with van der Waals surface area (Å²) in [5.74, 6) is 0.259. The zero-order chi connectivity index (χ0) is 24.2. The van der Waals surface area contributed by atoms with Crippen LogP contribution in [0.5, 0.6) is 0 Å². The van der Waals surface area contributed by atoms with Crippen LogP contribution < -0.4 is 5.32 Å². The minimum Gasteiger partial charge on any atom is -0.480 e. The summed E-state index contributed by atoms with van der Waals surface area (Å²) in [4.78, 5) is 13.1. The van der Waals surface area contributed by atoms with E-state index >= 15 is 0 Å². The Morgan fingerprint density at radius 2 is 1.83 bits per heavy atom. The van der Waals surface area contributed by atoms with Gasteiger partial charge < -0.3 is 10.4 Å². The van der Waals surface area contributed by atoms with Crippen molar-refractivity contribution in [2.24, 2.45) is 5.92 Å². The van der Waals surface area contributed by atoms with Crippen molar-refractivity contribution in [3.05, 3.63) is 70.9 Å². The van der Waals surface area contributed by atoms with Gasteiger partial charge >= 0.3 is 5.97 Å².